The van der Waals surface area contributed by atoms with Crippen molar-refractivity contribution in [3.63, 3.8) is 0 Å². The summed E-state index contributed by atoms with van der Waals surface area (Å²) in [7, 11) is -3.13. The summed E-state index contributed by atoms with van der Waals surface area (Å²) >= 11 is 0. The van der Waals surface area contributed by atoms with Gasteiger partial charge < -0.3 is 5.32 Å². The van der Waals surface area contributed by atoms with E-state index in [0.29, 0.717) is 0 Å². The normalized spacial score (nSPS) is 13.6. The molecule has 0 fully saturated rings. The predicted octanol–water partition coefficient (Wildman–Crippen LogP) is 1.29. The smallest absolute Gasteiger partial charge is 0.326 e. The number of urea groups is 1. The van der Waals surface area contributed by atoms with Crippen molar-refractivity contribution in [2.24, 2.45) is 0 Å². The lowest BCUT2D eigenvalue weighted by Gasteiger charge is -2.14. The molecule has 0 bridgehead atoms. The molecule has 0 spiro atoms. The fourth-order valence-electron chi connectivity index (χ4n) is 1.30. The fraction of sp³-hybridized carbons (Fsp3) is 0.273. The van der Waals surface area contributed by atoms with Crippen molar-refractivity contribution in [1.29, 1.82) is 0 Å². The first-order chi connectivity index (χ1) is 8.72. The monoisotopic (exact) mass is 285 g/mol. The number of carbonyl (C=O) groups excluding carboxylic acids is 1. The Balaban J connectivity index is 2.97. The van der Waals surface area contributed by atoms with Gasteiger partial charge in [-0.15, -0.1) is 0 Å². The summed E-state index contributed by atoms with van der Waals surface area (Å²) in [5.74, 6) is 3.42. The lowest BCUT2D eigenvalue weighted by molar-refractivity contribution is -0.385. The topological polar surface area (TPSA) is 101 Å². The Kier molecular flexibility index (Phi) is 4.49. The van der Waals surface area contributed by atoms with E-state index in [9.17, 15) is 19.1 Å². The van der Waals surface area contributed by atoms with Gasteiger partial charge in [-0.2, -0.15) is 0 Å². The Hall–Kier alpha value is -2.09. The number of rotatable bonds is 4. The van der Waals surface area contributed by atoms with Crippen LogP contribution in [-0.2, 0) is 9.71 Å². The van der Waals surface area contributed by atoms with Crippen LogP contribution < -0.4 is 10.0 Å². The molecule has 1 unspecified atom stereocenters. The summed E-state index contributed by atoms with van der Waals surface area (Å²) in [4.78, 5) is 21.6. The van der Waals surface area contributed by atoms with E-state index >= 15 is 0 Å². The Morgan fingerprint density at radius 3 is 2.63 bits per heavy atom. The van der Waals surface area contributed by atoms with Gasteiger partial charge in [0.25, 0.3) is 5.69 Å². The first-order valence-electron chi connectivity index (χ1n) is 5.42. The maximum Gasteiger partial charge on any atom is 0.326 e. The van der Waals surface area contributed by atoms with Crippen molar-refractivity contribution in [3.05, 3.63) is 34.4 Å². The van der Waals surface area contributed by atoms with Gasteiger partial charge in [-0.05, 0) is 25.8 Å². The highest BCUT2D eigenvalue weighted by atomic mass is 32.2. The molecule has 0 aromatic heterocycles. The van der Waals surface area contributed by atoms with E-state index in [1.807, 2.05) is 0 Å². The molecule has 0 aliphatic heterocycles. The summed E-state index contributed by atoms with van der Waals surface area (Å²) < 4.78 is 14.5. The molecule has 104 valence electrons. The van der Waals surface area contributed by atoms with Crippen molar-refractivity contribution in [3.8, 4) is 0 Å². The minimum absolute atomic E-state index is 0.0978. The zero-order valence-electron chi connectivity index (χ0n) is 10.6. The highest BCUT2D eigenvalue weighted by molar-refractivity contribution is 7.99. The number of nitro groups is 1. The van der Waals surface area contributed by atoms with Gasteiger partial charge in [0.1, 0.15) is 0 Å². The Morgan fingerprint density at radius 2 is 2.11 bits per heavy atom. The molecular weight excluding hydrogens is 270 g/mol. The number of nitrogens with one attached hydrogen (secondary N) is 2. The van der Waals surface area contributed by atoms with Crippen LogP contribution in [0.25, 0.3) is 0 Å². The maximum atomic E-state index is 12.2. The number of amides is 2. The number of hydrogen-bond acceptors (Lipinski definition) is 4. The molecule has 0 aliphatic rings. The van der Waals surface area contributed by atoms with Crippen molar-refractivity contribution in [2.45, 2.75) is 24.8 Å². The third kappa shape index (κ3) is 4.25. The molecule has 0 saturated heterocycles. The van der Waals surface area contributed by atoms with Gasteiger partial charge in [0.05, 0.1) is 19.5 Å². The van der Waals surface area contributed by atoms with Crippen LogP contribution in [0.5, 0.6) is 0 Å². The van der Waals surface area contributed by atoms with E-state index in [4.69, 9.17) is 0 Å². The minimum atomic E-state index is -3.13. The number of nitrogens with zero attached hydrogens (tertiary/aromatic N) is 1. The Bertz CT molecular complexity index is 596. The number of hydrogen-bond donors (Lipinski definition) is 2. The van der Waals surface area contributed by atoms with E-state index in [2.05, 4.69) is 15.9 Å². The van der Waals surface area contributed by atoms with Crippen LogP contribution in [0, 0.1) is 10.1 Å². The molecule has 2 amide bonds. The molecule has 0 saturated carbocycles. The third-order valence-electron chi connectivity index (χ3n) is 2.09. The highest BCUT2D eigenvalue weighted by Crippen LogP contribution is 2.16. The average molecular weight is 285 g/mol. The SMILES string of the molecule is C=S(=O)(NC(=O)NC(C)C)c1cccc([N+](=O)[O-])c1. The minimum Gasteiger partial charge on any atom is -0.335 e. The molecule has 1 rings (SSSR count). The van der Waals surface area contributed by atoms with E-state index in [0.717, 1.165) is 6.07 Å². The second-order valence-corrected chi connectivity index (χ2v) is 6.19. The molecule has 7 nitrogen and oxygen atoms in total. The second kappa shape index (κ2) is 5.70. The predicted molar refractivity (Wildman–Crippen MR) is 73.4 cm³/mol. The summed E-state index contributed by atoms with van der Waals surface area (Å²) in [5.41, 5.74) is -0.208. The van der Waals surface area contributed by atoms with Gasteiger partial charge >= 0.3 is 6.03 Å². The van der Waals surface area contributed by atoms with Crippen molar-refractivity contribution < 1.29 is 13.9 Å². The van der Waals surface area contributed by atoms with Gasteiger partial charge in [-0.1, -0.05) is 6.07 Å². The highest BCUT2D eigenvalue weighted by Gasteiger charge is 2.15. The number of benzene rings is 1. The molecular formula is C11H15N3O4S. The molecule has 0 heterocycles. The lowest BCUT2D eigenvalue weighted by Crippen LogP contribution is -2.42. The Morgan fingerprint density at radius 1 is 1.47 bits per heavy atom. The first kappa shape index (κ1) is 15.0. The fourth-order valence-corrected chi connectivity index (χ4v) is 2.39. The van der Waals surface area contributed by atoms with E-state index in [1.165, 1.54) is 18.2 Å². The number of non-ortho nitro benzene ring substituents is 1. The van der Waals surface area contributed by atoms with Gasteiger partial charge in [0, 0.05) is 18.2 Å². The Labute approximate surface area is 111 Å². The van der Waals surface area contributed by atoms with Crippen LogP contribution in [0.1, 0.15) is 13.8 Å². The molecule has 8 heteroatoms. The van der Waals surface area contributed by atoms with E-state index < -0.39 is 20.7 Å². The van der Waals surface area contributed by atoms with Crippen LogP contribution >= 0.6 is 0 Å². The average Bonchev–Trinajstić information content (AvgIpc) is 2.27. The second-order valence-electron chi connectivity index (χ2n) is 4.16. The standard InChI is InChI=1S/C11H15N3O4S/c1-8(2)12-11(15)13-19(3,18)10-6-4-5-9(7-10)14(16)17/h4-8H,3H2,1-2H3,(H2,12,13,15,18). The van der Waals surface area contributed by atoms with Crippen LogP contribution in [0.2, 0.25) is 0 Å². The quantitative estimate of drug-likeness (QED) is 0.494. The zero-order chi connectivity index (χ0) is 14.6. The van der Waals surface area contributed by atoms with Crippen LogP contribution in [0.4, 0.5) is 10.5 Å². The van der Waals surface area contributed by atoms with Crippen molar-refractivity contribution in [1.82, 2.24) is 10.0 Å². The molecule has 0 aliphatic carbocycles. The largest absolute Gasteiger partial charge is 0.335 e. The maximum absolute atomic E-state index is 12.2. The van der Waals surface area contributed by atoms with Crippen molar-refractivity contribution in [2.75, 3.05) is 0 Å². The van der Waals surface area contributed by atoms with Gasteiger partial charge in [0.2, 0.25) is 0 Å². The summed E-state index contributed by atoms with van der Waals surface area (Å²) in [5, 5.41) is 13.1. The molecule has 1 aromatic carbocycles. The first-order valence-corrected chi connectivity index (χ1v) is 7.15. The van der Waals surface area contributed by atoms with E-state index in [-0.39, 0.29) is 16.6 Å². The zero-order valence-corrected chi connectivity index (χ0v) is 11.4. The third-order valence-corrected chi connectivity index (χ3v) is 3.62. The molecule has 2 N–H and O–H groups in total. The number of nitro benzene ring substituents is 1. The van der Waals surface area contributed by atoms with Crippen LogP contribution in [0.15, 0.2) is 29.2 Å². The molecule has 19 heavy (non-hydrogen) atoms. The number of carbonyl (C=O) groups is 1. The van der Waals surface area contributed by atoms with Crippen LogP contribution in [-0.4, -0.2) is 27.1 Å². The van der Waals surface area contributed by atoms with Gasteiger partial charge in [0.15, 0.2) is 0 Å². The van der Waals surface area contributed by atoms with E-state index in [1.54, 1.807) is 13.8 Å². The molecule has 0 radical (unpaired) electrons. The summed E-state index contributed by atoms with van der Waals surface area (Å²) in [6.07, 6.45) is 0. The molecule has 1 atom stereocenters. The molecule has 1 aromatic rings. The lowest BCUT2D eigenvalue weighted by atomic mass is 10.3. The van der Waals surface area contributed by atoms with Gasteiger partial charge in [-0.25, -0.2) is 9.00 Å². The van der Waals surface area contributed by atoms with Gasteiger partial charge in [-0.3, -0.25) is 14.8 Å². The summed E-state index contributed by atoms with van der Waals surface area (Å²) in [6.45, 7) is 3.50. The van der Waals surface area contributed by atoms with Crippen molar-refractivity contribution >= 4 is 27.3 Å². The van der Waals surface area contributed by atoms with Crippen LogP contribution in [0.3, 0.4) is 0 Å². The summed E-state index contributed by atoms with van der Waals surface area (Å²) in [6, 6.07) is 4.44.